The average Bonchev–Trinajstić information content (AvgIpc) is 2.99. The number of rotatable bonds is 2. The van der Waals surface area contributed by atoms with Crippen molar-refractivity contribution in [2.75, 3.05) is 5.32 Å². The van der Waals surface area contributed by atoms with Crippen molar-refractivity contribution >= 4 is 39.8 Å². The van der Waals surface area contributed by atoms with Gasteiger partial charge in [0, 0.05) is 10.9 Å². The van der Waals surface area contributed by atoms with E-state index in [1.807, 2.05) is 24.3 Å². The van der Waals surface area contributed by atoms with E-state index >= 15 is 0 Å². The molecule has 2 aromatic carbocycles. The largest absolute Gasteiger partial charge is 0.350 e. The summed E-state index contributed by atoms with van der Waals surface area (Å²) in [6, 6.07) is 15.4. The number of hydrogen-bond donors (Lipinski definition) is 4. The van der Waals surface area contributed by atoms with Gasteiger partial charge in [0.05, 0.1) is 5.69 Å². The highest BCUT2D eigenvalue weighted by atomic mass is 32.1. The Morgan fingerprint density at radius 1 is 1.04 bits per heavy atom. The van der Waals surface area contributed by atoms with Crippen LogP contribution in [-0.2, 0) is 0 Å². The molecular formula is C16H13FN4OS. The number of hydrogen-bond acceptors (Lipinski definition) is 2. The molecule has 0 saturated carbocycles. The lowest BCUT2D eigenvalue weighted by molar-refractivity contribution is 0.0940. The number of carbonyl (C=O) groups is 1. The number of aromatic nitrogens is 1. The summed E-state index contributed by atoms with van der Waals surface area (Å²) >= 11 is 5.01. The number of para-hydroxylation sites is 2. The summed E-state index contributed by atoms with van der Waals surface area (Å²) in [6.45, 7) is 0. The molecular weight excluding hydrogens is 315 g/mol. The predicted molar refractivity (Wildman–Crippen MR) is 91.5 cm³/mol. The first-order valence-corrected chi connectivity index (χ1v) is 7.24. The van der Waals surface area contributed by atoms with Crippen LogP contribution in [-0.4, -0.2) is 16.0 Å². The van der Waals surface area contributed by atoms with E-state index < -0.39 is 5.82 Å². The minimum atomic E-state index is -0.432. The summed E-state index contributed by atoms with van der Waals surface area (Å²) in [5, 5.41) is 3.68. The summed E-state index contributed by atoms with van der Waals surface area (Å²) < 4.78 is 13.5. The molecule has 0 radical (unpaired) electrons. The first-order chi connectivity index (χ1) is 11.1. The van der Waals surface area contributed by atoms with E-state index in [1.165, 1.54) is 6.07 Å². The number of fused-ring (bicyclic) bond motifs is 1. The molecule has 0 aliphatic carbocycles. The molecule has 3 aromatic rings. The van der Waals surface area contributed by atoms with Crippen LogP contribution >= 0.6 is 12.2 Å². The van der Waals surface area contributed by atoms with Gasteiger partial charge in [-0.05, 0) is 36.5 Å². The number of nitrogens with one attached hydrogen (secondary N) is 4. The zero-order chi connectivity index (χ0) is 16.2. The SMILES string of the molecule is O=C(NNC(=S)Nc1ccccc1F)c1cc2ccccc2[nH]1. The monoisotopic (exact) mass is 328 g/mol. The Kier molecular flexibility index (Phi) is 4.20. The molecule has 7 heteroatoms. The van der Waals surface area contributed by atoms with Crippen molar-refractivity contribution in [2.45, 2.75) is 0 Å². The second-order valence-corrected chi connectivity index (χ2v) is 5.19. The van der Waals surface area contributed by atoms with Crippen LogP contribution in [0.15, 0.2) is 54.6 Å². The molecule has 3 rings (SSSR count). The van der Waals surface area contributed by atoms with Crippen molar-refractivity contribution in [3.8, 4) is 0 Å². The number of aromatic amines is 1. The van der Waals surface area contributed by atoms with E-state index in [4.69, 9.17) is 12.2 Å². The number of thiocarbonyl (C=S) groups is 1. The van der Waals surface area contributed by atoms with Crippen LogP contribution in [0.1, 0.15) is 10.5 Å². The zero-order valence-electron chi connectivity index (χ0n) is 11.9. The second kappa shape index (κ2) is 6.45. The Hall–Kier alpha value is -2.93. The van der Waals surface area contributed by atoms with Crippen LogP contribution in [0.2, 0.25) is 0 Å². The molecule has 0 atom stereocenters. The van der Waals surface area contributed by atoms with Crippen molar-refractivity contribution < 1.29 is 9.18 Å². The third-order valence-corrected chi connectivity index (χ3v) is 3.39. The Balaban J connectivity index is 1.60. The van der Waals surface area contributed by atoms with Crippen LogP contribution in [0, 0.1) is 5.82 Å². The third-order valence-electron chi connectivity index (χ3n) is 3.19. The fourth-order valence-electron chi connectivity index (χ4n) is 2.09. The third kappa shape index (κ3) is 3.46. The molecule has 0 unspecified atom stereocenters. The molecule has 4 N–H and O–H groups in total. The number of H-pyrrole nitrogens is 1. The van der Waals surface area contributed by atoms with Crippen molar-refractivity contribution in [1.82, 2.24) is 15.8 Å². The first kappa shape index (κ1) is 15.0. The van der Waals surface area contributed by atoms with Crippen LogP contribution < -0.4 is 16.2 Å². The minimum Gasteiger partial charge on any atom is -0.350 e. The fourth-order valence-corrected chi connectivity index (χ4v) is 2.25. The molecule has 0 aliphatic rings. The summed E-state index contributed by atoms with van der Waals surface area (Å²) in [4.78, 5) is 15.1. The Morgan fingerprint density at radius 2 is 1.78 bits per heavy atom. The van der Waals surface area contributed by atoms with Crippen molar-refractivity contribution in [3.63, 3.8) is 0 Å². The normalized spacial score (nSPS) is 10.3. The molecule has 0 spiro atoms. The van der Waals surface area contributed by atoms with Gasteiger partial charge in [0.15, 0.2) is 5.11 Å². The van der Waals surface area contributed by atoms with Crippen LogP contribution in [0.5, 0.6) is 0 Å². The Bertz CT molecular complexity index is 844. The van der Waals surface area contributed by atoms with Gasteiger partial charge in [0.25, 0.3) is 5.91 Å². The maximum atomic E-state index is 13.5. The maximum Gasteiger partial charge on any atom is 0.286 e. The van der Waals surface area contributed by atoms with Gasteiger partial charge in [-0.1, -0.05) is 30.3 Å². The molecule has 1 aromatic heterocycles. The lowest BCUT2D eigenvalue weighted by Gasteiger charge is -2.11. The van der Waals surface area contributed by atoms with E-state index in [-0.39, 0.29) is 16.7 Å². The second-order valence-electron chi connectivity index (χ2n) is 4.78. The topological polar surface area (TPSA) is 69.0 Å². The molecule has 5 nitrogen and oxygen atoms in total. The Labute approximate surface area is 136 Å². The van der Waals surface area contributed by atoms with E-state index in [2.05, 4.69) is 21.2 Å². The number of carbonyl (C=O) groups excluding carboxylic acids is 1. The average molecular weight is 328 g/mol. The molecule has 0 saturated heterocycles. The first-order valence-electron chi connectivity index (χ1n) is 6.83. The van der Waals surface area contributed by atoms with Gasteiger partial charge in [0.1, 0.15) is 11.5 Å². The molecule has 1 amide bonds. The highest BCUT2D eigenvalue weighted by Crippen LogP contribution is 2.14. The smallest absolute Gasteiger partial charge is 0.286 e. The predicted octanol–water partition coefficient (Wildman–Crippen LogP) is 2.94. The molecule has 116 valence electrons. The Morgan fingerprint density at radius 3 is 2.57 bits per heavy atom. The van der Waals surface area contributed by atoms with E-state index in [1.54, 1.807) is 24.3 Å². The number of amides is 1. The van der Waals surface area contributed by atoms with Gasteiger partial charge in [0.2, 0.25) is 0 Å². The minimum absolute atomic E-state index is 0.0829. The van der Waals surface area contributed by atoms with Crippen LogP contribution in [0.4, 0.5) is 10.1 Å². The van der Waals surface area contributed by atoms with Crippen LogP contribution in [0.3, 0.4) is 0 Å². The van der Waals surface area contributed by atoms with Gasteiger partial charge in [-0.15, -0.1) is 0 Å². The highest BCUT2D eigenvalue weighted by molar-refractivity contribution is 7.80. The number of hydrazine groups is 1. The fraction of sp³-hybridized carbons (Fsp3) is 0. The van der Waals surface area contributed by atoms with Crippen molar-refractivity contribution in [3.05, 3.63) is 66.1 Å². The molecule has 0 aliphatic heterocycles. The number of halogens is 1. The quantitative estimate of drug-likeness (QED) is 0.431. The van der Waals surface area contributed by atoms with Crippen molar-refractivity contribution in [2.24, 2.45) is 0 Å². The molecule has 1 heterocycles. The lowest BCUT2D eigenvalue weighted by Crippen LogP contribution is -2.44. The molecule has 0 fully saturated rings. The van der Waals surface area contributed by atoms with Gasteiger partial charge >= 0.3 is 0 Å². The lowest BCUT2D eigenvalue weighted by atomic mass is 10.2. The van der Waals surface area contributed by atoms with Gasteiger partial charge in [-0.3, -0.25) is 15.6 Å². The van der Waals surface area contributed by atoms with Gasteiger partial charge in [-0.2, -0.15) is 0 Å². The zero-order valence-corrected chi connectivity index (χ0v) is 12.7. The summed E-state index contributed by atoms with van der Waals surface area (Å²) in [6.07, 6.45) is 0. The van der Waals surface area contributed by atoms with E-state index in [9.17, 15) is 9.18 Å². The van der Waals surface area contributed by atoms with Gasteiger partial charge < -0.3 is 10.3 Å². The summed E-state index contributed by atoms with van der Waals surface area (Å²) in [5.41, 5.74) is 6.48. The number of benzene rings is 2. The van der Waals surface area contributed by atoms with E-state index in [0.29, 0.717) is 5.69 Å². The molecule has 23 heavy (non-hydrogen) atoms. The van der Waals surface area contributed by atoms with Crippen molar-refractivity contribution in [1.29, 1.82) is 0 Å². The van der Waals surface area contributed by atoms with Gasteiger partial charge in [-0.25, -0.2) is 4.39 Å². The molecule has 0 bridgehead atoms. The standard InChI is InChI=1S/C16H13FN4OS/c17-11-6-2-4-8-13(11)19-16(23)21-20-15(22)14-9-10-5-1-3-7-12(10)18-14/h1-9,18H,(H,20,22)(H2,19,21,23). The number of anilines is 1. The summed E-state index contributed by atoms with van der Waals surface area (Å²) in [5.74, 6) is -0.808. The summed E-state index contributed by atoms with van der Waals surface area (Å²) in [7, 11) is 0. The highest BCUT2D eigenvalue weighted by Gasteiger charge is 2.10. The maximum absolute atomic E-state index is 13.5. The van der Waals surface area contributed by atoms with Crippen LogP contribution in [0.25, 0.3) is 10.9 Å². The van der Waals surface area contributed by atoms with E-state index in [0.717, 1.165) is 10.9 Å².